The Labute approximate surface area is 213 Å². The number of nitrogens with zero attached hydrogens (tertiary/aromatic N) is 3. The summed E-state index contributed by atoms with van der Waals surface area (Å²) in [5, 5.41) is 8.27. The highest BCUT2D eigenvalue weighted by Crippen LogP contribution is 2.25. The van der Waals surface area contributed by atoms with Gasteiger partial charge in [0.05, 0.1) is 5.75 Å². The van der Waals surface area contributed by atoms with Crippen molar-refractivity contribution >= 4 is 47.2 Å². The van der Waals surface area contributed by atoms with E-state index in [1.54, 1.807) is 22.5 Å². The minimum atomic E-state index is -0.215. The molecule has 4 rings (SSSR count). The molecule has 0 unspecified atom stereocenters. The van der Waals surface area contributed by atoms with Crippen molar-refractivity contribution in [1.82, 2.24) is 14.3 Å². The summed E-state index contributed by atoms with van der Waals surface area (Å²) < 4.78 is 4.00. The predicted molar refractivity (Wildman–Crippen MR) is 143 cm³/mol. The average Bonchev–Trinajstić information content (AvgIpc) is 3.11. The smallest absolute Gasteiger partial charge is 0.246 e. The first kappa shape index (κ1) is 24.3. The maximum atomic E-state index is 12.8. The van der Waals surface area contributed by atoms with Crippen molar-refractivity contribution in [2.75, 3.05) is 5.32 Å². The summed E-state index contributed by atoms with van der Waals surface area (Å²) in [6.45, 7) is 5.99. The molecule has 0 aliphatic heterocycles. The fraction of sp³-hybridized carbons (Fsp3) is 0.192. The van der Waals surface area contributed by atoms with E-state index in [-0.39, 0.29) is 12.5 Å². The molecule has 5 nitrogen and oxygen atoms in total. The monoisotopic (exact) mass is 508 g/mol. The summed E-state index contributed by atoms with van der Waals surface area (Å²) in [4.78, 5) is 14.0. The highest BCUT2D eigenvalue weighted by atomic mass is 35.5. The molecule has 0 bridgehead atoms. The fourth-order valence-corrected chi connectivity index (χ4v) is 4.83. The molecule has 0 fully saturated rings. The molecular formula is C26H25ClN4OS2. The molecule has 4 aromatic rings. The van der Waals surface area contributed by atoms with E-state index in [1.165, 1.54) is 5.56 Å². The molecule has 0 saturated heterocycles. The second-order valence-electron chi connectivity index (χ2n) is 8.09. The Bertz CT molecular complexity index is 1390. The number of hydrogen-bond acceptors (Lipinski definition) is 4. The number of aryl methyl sites for hydroxylation is 2. The number of carbonyl (C=O) groups excluding carboxylic acids is 1. The summed E-state index contributed by atoms with van der Waals surface area (Å²) in [5.41, 5.74) is 4.77. The third-order valence-corrected chi connectivity index (χ3v) is 7.20. The Kier molecular flexibility index (Phi) is 7.56. The lowest BCUT2D eigenvalue weighted by atomic mass is 10.2. The molecular weight excluding hydrogens is 484 g/mol. The number of thioether (sulfide) groups is 1. The Morgan fingerprint density at radius 3 is 2.50 bits per heavy atom. The summed E-state index contributed by atoms with van der Waals surface area (Å²) in [6.07, 6.45) is 0. The van der Waals surface area contributed by atoms with Crippen molar-refractivity contribution in [1.29, 1.82) is 0 Å². The molecule has 8 heteroatoms. The molecule has 34 heavy (non-hydrogen) atoms. The number of aromatic nitrogens is 3. The van der Waals surface area contributed by atoms with Crippen molar-refractivity contribution in [2.45, 2.75) is 38.0 Å². The van der Waals surface area contributed by atoms with Crippen LogP contribution in [0.3, 0.4) is 0 Å². The van der Waals surface area contributed by atoms with Gasteiger partial charge in [0, 0.05) is 21.3 Å². The molecule has 0 aliphatic carbocycles. The lowest BCUT2D eigenvalue weighted by Crippen LogP contribution is -2.20. The fourth-order valence-electron chi connectivity index (χ4n) is 3.53. The van der Waals surface area contributed by atoms with E-state index < -0.39 is 0 Å². The van der Waals surface area contributed by atoms with Gasteiger partial charge in [-0.15, -0.1) is 11.8 Å². The lowest BCUT2D eigenvalue weighted by molar-refractivity contribution is -0.116. The van der Waals surface area contributed by atoms with Crippen LogP contribution >= 0.6 is 35.6 Å². The Morgan fingerprint density at radius 2 is 1.76 bits per heavy atom. The Balaban J connectivity index is 1.62. The van der Waals surface area contributed by atoms with Gasteiger partial charge < -0.3 is 5.32 Å². The van der Waals surface area contributed by atoms with E-state index in [0.717, 1.165) is 27.5 Å². The lowest BCUT2D eigenvalue weighted by Gasteiger charge is -2.09. The van der Waals surface area contributed by atoms with Gasteiger partial charge in [-0.1, -0.05) is 47.5 Å². The molecule has 174 valence electrons. The van der Waals surface area contributed by atoms with Crippen LogP contribution < -0.4 is 5.32 Å². The van der Waals surface area contributed by atoms with Crippen LogP contribution in [0.15, 0.2) is 71.6 Å². The van der Waals surface area contributed by atoms with Crippen LogP contribution in [-0.4, -0.2) is 20.3 Å². The van der Waals surface area contributed by atoms with Crippen LogP contribution in [0.2, 0.25) is 5.02 Å². The third kappa shape index (κ3) is 5.60. The number of benzene rings is 3. The standard InChI is InChI=1S/C26H25ClN4OS2/c1-17-10-12-21(13-11-17)34-16-24-29-30(26(33)31(24)20-7-4-6-18(2)14-20)15-25(32)28-23-9-5-8-22(27)19(23)3/h4-14H,15-16H2,1-3H3,(H,28,32). The number of carbonyl (C=O) groups is 1. The number of nitrogens with one attached hydrogen (secondary N) is 1. The minimum absolute atomic E-state index is 0.00575. The van der Waals surface area contributed by atoms with Crippen LogP contribution in [0.4, 0.5) is 5.69 Å². The number of hydrogen-bond donors (Lipinski definition) is 1. The molecule has 0 saturated carbocycles. The van der Waals surface area contributed by atoms with E-state index in [2.05, 4.69) is 42.6 Å². The number of amides is 1. The second kappa shape index (κ2) is 10.6. The zero-order valence-corrected chi connectivity index (χ0v) is 21.6. The maximum Gasteiger partial charge on any atom is 0.246 e. The van der Waals surface area contributed by atoms with Crippen molar-refractivity contribution in [3.63, 3.8) is 0 Å². The summed E-state index contributed by atoms with van der Waals surface area (Å²) >= 11 is 13.6. The molecule has 3 aromatic carbocycles. The first-order chi connectivity index (χ1) is 16.3. The number of rotatable bonds is 7. The Morgan fingerprint density at radius 1 is 1.03 bits per heavy atom. The zero-order valence-electron chi connectivity index (χ0n) is 19.2. The molecule has 0 spiro atoms. The number of halogens is 1. The maximum absolute atomic E-state index is 12.8. The SMILES string of the molecule is Cc1ccc(SCc2nn(CC(=O)Nc3cccc(Cl)c3C)c(=S)n2-c2cccc(C)c2)cc1. The normalized spacial score (nSPS) is 10.9. The molecule has 1 amide bonds. The van der Waals surface area contributed by atoms with Crippen molar-refractivity contribution in [3.05, 3.63) is 99.0 Å². The van der Waals surface area contributed by atoms with E-state index in [1.807, 2.05) is 48.7 Å². The zero-order chi connectivity index (χ0) is 24.2. The van der Waals surface area contributed by atoms with Crippen molar-refractivity contribution in [2.24, 2.45) is 0 Å². The van der Waals surface area contributed by atoms with Gasteiger partial charge >= 0.3 is 0 Å². The average molecular weight is 509 g/mol. The largest absolute Gasteiger partial charge is 0.324 e. The predicted octanol–water partition coefficient (Wildman–Crippen LogP) is 6.91. The van der Waals surface area contributed by atoms with Gasteiger partial charge in [0.25, 0.3) is 0 Å². The molecule has 0 radical (unpaired) electrons. The minimum Gasteiger partial charge on any atom is -0.324 e. The van der Waals surface area contributed by atoms with Crippen LogP contribution in [0.1, 0.15) is 22.5 Å². The van der Waals surface area contributed by atoms with Gasteiger partial charge in [0.1, 0.15) is 12.4 Å². The molecule has 1 heterocycles. The van der Waals surface area contributed by atoms with E-state index in [9.17, 15) is 4.79 Å². The molecule has 1 aromatic heterocycles. The van der Waals surface area contributed by atoms with Crippen LogP contribution in [0, 0.1) is 25.5 Å². The Hall–Kier alpha value is -2.87. The molecule has 0 aliphatic rings. The van der Waals surface area contributed by atoms with Crippen molar-refractivity contribution < 1.29 is 4.79 Å². The van der Waals surface area contributed by atoms with Crippen LogP contribution in [0.25, 0.3) is 5.69 Å². The quantitative estimate of drug-likeness (QED) is 0.217. The second-order valence-corrected chi connectivity index (χ2v) is 9.91. The van der Waals surface area contributed by atoms with Gasteiger partial charge in [0.2, 0.25) is 10.7 Å². The van der Waals surface area contributed by atoms with Gasteiger partial charge in [-0.2, -0.15) is 5.10 Å². The topological polar surface area (TPSA) is 51.9 Å². The highest BCUT2D eigenvalue weighted by molar-refractivity contribution is 7.98. The van der Waals surface area contributed by atoms with E-state index in [4.69, 9.17) is 28.9 Å². The third-order valence-electron chi connectivity index (χ3n) is 5.39. The van der Waals surface area contributed by atoms with Crippen molar-refractivity contribution in [3.8, 4) is 5.69 Å². The summed E-state index contributed by atoms with van der Waals surface area (Å²) in [6, 6.07) is 21.9. The van der Waals surface area contributed by atoms with E-state index >= 15 is 0 Å². The van der Waals surface area contributed by atoms with Crippen LogP contribution in [0.5, 0.6) is 0 Å². The van der Waals surface area contributed by atoms with Crippen LogP contribution in [-0.2, 0) is 17.1 Å². The van der Waals surface area contributed by atoms with Gasteiger partial charge in [0.15, 0.2) is 0 Å². The van der Waals surface area contributed by atoms with E-state index in [0.29, 0.717) is 21.2 Å². The number of anilines is 1. The molecule has 1 N–H and O–H groups in total. The van der Waals surface area contributed by atoms with Gasteiger partial charge in [-0.05, 0) is 80.5 Å². The van der Waals surface area contributed by atoms with Gasteiger partial charge in [-0.25, -0.2) is 4.68 Å². The highest BCUT2D eigenvalue weighted by Gasteiger charge is 2.16. The first-order valence-electron chi connectivity index (χ1n) is 10.8. The summed E-state index contributed by atoms with van der Waals surface area (Å²) in [7, 11) is 0. The molecule has 0 atom stereocenters. The van der Waals surface area contributed by atoms with Gasteiger partial charge in [-0.3, -0.25) is 9.36 Å². The first-order valence-corrected chi connectivity index (χ1v) is 12.6. The summed E-state index contributed by atoms with van der Waals surface area (Å²) in [5.74, 6) is 1.18.